The molecule has 1 aromatic carbocycles. The molecule has 0 saturated heterocycles. The number of carbonyl (C=O) groups excluding carboxylic acids is 1. The fourth-order valence-electron chi connectivity index (χ4n) is 1.12. The van der Waals surface area contributed by atoms with Crippen molar-refractivity contribution in [1.29, 1.82) is 0 Å². The Kier molecular flexibility index (Phi) is 3.38. The average Bonchev–Trinajstić information content (AvgIpc) is 2.16. The molecule has 0 aliphatic carbocycles. The number of benzene rings is 1. The van der Waals surface area contributed by atoms with Crippen molar-refractivity contribution in [3.8, 4) is 0 Å². The van der Waals surface area contributed by atoms with E-state index in [2.05, 4.69) is 4.74 Å². The molecule has 0 heterocycles. The molecule has 0 unspecified atom stereocenters. The number of carboxylic acids is 1. The summed E-state index contributed by atoms with van der Waals surface area (Å²) in [6.45, 7) is 0. The van der Waals surface area contributed by atoms with Gasteiger partial charge in [0.15, 0.2) is 0 Å². The minimum atomic E-state index is -1.06. The van der Waals surface area contributed by atoms with E-state index < -0.39 is 17.8 Å². The lowest BCUT2D eigenvalue weighted by Crippen LogP contribution is -2.06. The fourth-order valence-corrected chi connectivity index (χ4v) is 1.12. The first kappa shape index (κ1) is 11.2. The van der Waals surface area contributed by atoms with Crippen LogP contribution in [-0.2, 0) is 16.0 Å². The fraction of sp³-hybridized carbons (Fsp3) is 0.200. The zero-order valence-corrected chi connectivity index (χ0v) is 7.99. The van der Waals surface area contributed by atoms with Crippen LogP contribution in [0.15, 0.2) is 18.2 Å². The molecule has 0 spiro atoms. The van der Waals surface area contributed by atoms with Crippen LogP contribution in [0.3, 0.4) is 0 Å². The number of carbonyl (C=O) groups is 2. The molecule has 15 heavy (non-hydrogen) atoms. The van der Waals surface area contributed by atoms with Gasteiger partial charge in [-0.2, -0.15) is 0 Å². The maximum Gasteiger partial charge on any atom is 0.340 e. The SMILES string of the molecule is COC(=O)c1ccc(CC(=O)O)cc1F. The molecule has 80 valence electrons. The van der Waals surface area contributed by atoms with Gasteiger partial charge in [0.05, 0.1) is 19.1 Å². The van der Waals surface area contributed by atoms with Gasteiger partial charge in [-0.05, 0) is 17.7 Å². The molecule has 4 nitrogen and oxygen atoms in total. The van der Waals surface area contributed by atoms with Crippen LogP contribution >= 0.6 is 0 Å². The first-order chi connectivity index (χ1) is 7.04. The number of esters is 1. The summed E-state index contributed by atoms with van der Waals surface area (Å²) in [6.07, 6.45) is -0.279. The summed E-state index contributed by atoms with van der Waals surface area (Å²) in [7, 11) is 1.15. The number of hydrogen-bond acceptors (Lipinski definition) is 3. The average molecular weight is 212 g/mol. The molecule has 0 aromatic heterocycles. The molecule has 0 radical (unpaired) electrons. The van der Waals surface area contributed by atoms with Crippen LogP contribution in [-0.4, -0.2) is 24.2 Å². The number of halogens is 1. The highest BCUT2D eigenvalue weighted by molar-refractivity contribution is 5.89. The van der Waals surface area contributed by atoms with E-state index in [1.54, 1.807) is 0 Å². The molecular weight excluding hydrogens is 203 g/mol. The van der Waals surface area contributed by atoms with E-state index in [-0.39, 0.29) is 12.0 Å². The van der Waals surface area contributed by atoms with Gasteiger partial charge in [-0.1, -0.05) is 6.07 Å². The topological polar surface area (TPSA) is 63.6 Å². The first-order valence-corrected chi connectivity index (χ1v) is 4.13. The quantitative estimate of drug-likeness (QED) is 0.765. The van der Waals surface area contributed by atoms with Crippen molar-refractivity contribution in [3.63, 3.8) is 0 Å². The second-order valence-electron chi connectivity index (χ2n) is 2.88. The zero-order chi connectivity index (χ0) is 11.4. The van der Waals surface area contributed by atoms with E-state index in [0.717, 1.165) is 13.2 Å². The Labute approximate surface area is 85.3 Å². The van der Waals surface area contributed by atoms with E-state index in [1.807, 2.05) is 0 Å². The Hall–Kier alpha value is -1.91. The zero-order valence-electron chi connectivity index (χ0n) is 7.99. The van der Waals surface area contributed by atoms with E-state index in [9.17, 15) is 14.0 Å². The standard InChI is InChI=1S/C10H9FO4/c1-15-10(14)7-3-2-6(4-8(7)11)5-9(12)13/h2-4H,5H2,1H3,(H,12,13). The summed E-state index contributed by atoms with van der Waals surface area (Å²) < 4.78 is 17.6. The third kappa shape index (κ3) is 2.77. The highest BCUT2D eigenvalue weighted by Gasteiger charge is 2.12. The lowest BCUT2D eigenvalue weighted by atomic mass is 10.1. The van der Waals surface area contributed by atoms with Gasteiger partial charge in [0.25, 0.3) is 0 Å². The minimum Gasteiger partial charge on any atom is -0.481 e. The normalized spacial score (nSPS) is 9.73. The highest BCUT2D eigenvalue weighted by Crippen LogP contribution is 2.12. The van der Waals surface area contributed by atoms with E-state index in [4.69, 9.17) is 5.11 Å². The molecule has 1 rings (SSSR count). The minimum absolute atomic E-state index is 0.202. The van der Waals surface area contributed by atoms with E-state index in [1.165, 1.54) is 12.1 Å². The second-order valence-corrected chi connectivity index (χ2v) is 2.88. The maximum atomic E-state index is 13.2. The maximum absolute atomic E-state index is 13.2. The van der Waals surface area contributed by atoms with Gasteiger partial charge >= 0.3 is 11.9 Å². The summed E-state index contributed by atoms with van der Waals surface area (Å²) in [5.74, 6) is -2.62. The molecule has 1 aromatic rings. The van der Waals surface area contributed by atoms with Gasteiger partial charge in [0.2, 0.25) is 0 Å². The first-order valence-electron chi connectivity index (χ1n) is 4.13. The van der Waals surface area contributed by atoms with Gasteiger partial charge in [0, 0.05) is 0 Å². The van der Waals surface area contributed by atoms with E-state index in [0.29, 0.717) is 5.56 Å². The summed E-state index contributed by atoms with van der Waals surface area (Å²) >= 11 is 0. The molecule has 1 N–H and O–H groups in total. The largest absolute Gasteiger partial charge is 0.481 e. The van der Waals surface area contributed by atoms with Crippen LogP contribution in [0.25, 0.3) is 0 Å². The molecular formula is C10H9FO4. The molecule has 0 fully saturated rings. The molecule has 0 bridgehead atoms. The lowest BCUT2D eigenvalue weighted by molar-refractivity contribution is -0.136. The van der Waals surface area contributed by atoms with Gasteiger partial charge in [-0.3, -0.25) is 4.79 Å². The third-order valence-corrected chi connectivity index (χ3v) is 1.79. The van der Waals surface area contributed by atoms with Crippen LogP contribution < -0.4 is 0 Å². The molecule has 5 heteroatoms. The van der Waals surface area contributed by atoms with Gasteiger partial charge in [-0.25, -0.2) is 9.18 Å². The number of hydrogen-bond donors (Lipinski definition) is 1. The molecule has 0 aliphatic rings. The van der Waals surface area contributed by atoms with E-state index >= 15 is 0 Å². The van der Waals surface area contributed by atoms with Crippen molar-refractivity contribution in [2.75, 3.05) is 7.11 Å². The van der Waals surface area contributed by atoms with Gasteiger partial charge in [-0.15, -0.1) is 0 Å². The van der Waals surface area contributed by atoms with Crippen LogP contribution in [0, 0.1) is 5.82 Å². The Morgan fingerprint density at radius 3 is 2.60 bits per heavy atom. The smallest absolute Gasteiger partial charge is 0.340 e. The van der Waals surface area contributed by atoms with Crippen LogP contribution in [0.4, 0.5) is 4.39 Å². The Morgan fingerprint density at radius 1 is 1.47 bits per heavy atom. The Bertz CT molecular complexity index is 400. The van der Waals surface area contributed by atoms with Crippen molar-refractivity contribution < 1.29 is 23.8 Å². The van der Waals surface area contributed by atoms with Gasteiger partial charge < -0.3 is 9.84 Å². The number of aliphatic carboxylic acids is 1. The molecule has 0 saturated carbocycles. The molecule has 0 aliphatic heterocycles. The number of rotatable bonds is 3. The molecule has 0 atom stereocenters. The van der Waals surface area contributed by atoms with Gasteiger partial charge in [0.1, 0.15) is 5.82 Å². The summed E-state index contributed by atoms with van der Waals surface area (Å²) in [6, 6.07) is 3.60. The Morgan fingerprint density at radius 2 is 2.13 bits per heavy atom. The lowest BCUT2D eigenvalue weighted by Gasteiger charge is -2.02. The van der Waals surface area contributed by atoms with Crippen molar-refractivity contribution in [3.05, 3.63) is 35.1 Å². The third-order valence-electron chi connectivity index (χ3n) is 1.79. The molecule has 0 amide bonds. The van der Waals surface area contributed by atoms with Crippen molar-refractivity contribution >= 4 is 11.9 Å². The van der Waals surface area contributed by atoms with Crippen molar-refractivity contribution in [1.82, 2.24) is 0 Å². The number of methoxy groups -OCH3 is 1. The summed E-state index contributed by atoms with van der Waals surface area (Å²) in [5, 5.41) is 8.47. The summed E-state index contributed by atoms with van der Waals surface area (Å²) in [4.78, 5) is 21.3. The van der Waals surface area contributed by atoms with Crippen LogP contribution in [0.2, 0.25) is 0 Å². The number of ether oxygens (including phenoxy) is 1. The second kappa shape index (κ2) is 4.54. The summed E-state index contributed by atoms with van der Waals surface area (Å²) in [5.41, 5.74) is 0.0966. The predicted molar refractivity (Wildman–Crippen MR) is 49.1 cm³/mol. The van der Waals surface area contributed by atoms with Crippen molar-refractivity contribution in [2.24, 2.45) is 0 Å². The predicted octanol–water partition coefficient (Wildman–Crippen LogP) is 1.24. The van der Waals surface area contributed by atoms with Crippen LogP contribution in [0.1, 0.15) is 15.9 Å². The monoisotopic (exact) mass is 212 g/mol. The van der Waals surface area contributed by atoms with Crippen LogP contribution in [0.5, 0.6) is 0 Å². The number of carboxylic acid groups (broad SMARTS) is 1. The highest BCUT2D eigenvalue weighted by atomic mass is 19.1. The van der Waals surface area contributed by atoms with Crippen molar-refractivity contribution in [2.45, 2.75) is 6.42 Å². The Balaban J connectivity index is 2.97.